The zero-order valence-electron chi connectivity index (χ0n) is 10.6. The summed E-state index contributed by atoms with van der Waals surface area (Å²) < 4.78 is 5.25. The van der Waals surface area contributed by atoms with Crippen molar-refractivity contribution in [3.8, 4) is 0 Å². The van der Waals surface area contributed by atoms with Crippen molar-refractivity contribution < 1.29 is 4.74 Å². The molecule has 0 fully saturated rings. The monoisotopic (exact) mass is 241 g/mol. The largest absolute Gasteiger partial charge is 0.383 e. The summed E-state index contributed by atoms with van der Waals surface area (Å²) >= 11 is 1.92. The number of aryl methyl sites for hydroxylation is 1. The van der Waals surface area contributed by atoms with Gasteiger partial charge in [-0.05, 0) is 37.9 Å². The Balaban J connectivity index is 2.46. The minimum Gasteiger partial charge on any atom is -0.383 e. The Kier molecular flexibility index (Phi) is 6.69. The molecule has 0 aromatic carbocycles. The maximum Gasteiger partial charge on any atom is 0.0619 e. The van der Waals surface area contributed by atoms with E-state index in [1.807, 2.05) is 11.3 Å². The SMILES string of the molecule is CCCNC(COC)Cc1ccc(CC)s1. The van der Waals surface area contributed by atoms with E-state index in [0.717, 1.165) is 26.0 Å². The Labute approximate surface area is 103 Å². The third kappa shape index (κ3) is 4.64. The van der Waals surface area contributed by atoms with Gasteiger partial charge in [0.05, 0.1) is 6.61 Å². The number of thiophene rings is 1. The molecule has 0 aliphatic carbocycles. The fourth-order valence-corrected chi connectivity index (χ4v) is 2.74. The maximum atomic E-state index is 5.25. The van der Waals surface area contributed by atoms with Gasteiger partial charge in [-0.3, -0.25) is 0 Å². The lowest BCUT2D eigenvalue weighted by Crippen LogP contribution is -2.35. The summed E-state index contributed by atoms with van der Waals surface area (Å²) in [4.78, 5) is 2.93. The first-order valence-corrected chi connectivity index (χ1v) is 6.91. The van der Waals surface area contributed by atoms with Crippen molar-refractivity contribution in [2.45, 2.75) is 39.2 Å². The summed E-state index contributed by atoms with van der Waals surface area (Å²) in [5.74, 6) is 0. The lowest BCUT2D eigenvalue weighted by molar-refractivity contribution is 0.166. The molecule has 0 saturated heterocycles. The third-order valence-electron chi connectivity index (χ3n) is 2.56. The second kappa shape index (κ2) is 7.82. The van der Waals surface area contributed by atoms with Gasteiger partial charge in [-0.1, -0.05) is 13.8 Å². The van der Waals surface area contributed by atoms with E-state index < -0.39 is 0 Å². The minimum atomic E-state index is 0.452. The van der Waals surface area contributed by atoms with Crippen LogP contribution < -0.4 is 5.32 Å². The predicted molar refractivity (Wildman–Crippen MR) is 71.4 cm³/mol. The molecule has 0 aliphatic rings. The molecule has 0 radical (unpaired) electrons. The van der Waals surface area contributed by atoms with Crippen molar-refractivity contribution in [2.75, 3.05) is 20.3 Å². The highest BCUT2D eigenvalue weighted by atomic mass is 32.1. The van der Waals surface area contributed by atoms with Crippen molar-refractivity contribution >= 4 is 11.3 Å². The van der Waals surface area contributed by atoms with E-state index in [1.165, 1.54) is 16.2 Å². The number of hydrogen-bond acceptors (Lipinski definition) is 3. The molecule has 0 amide bonds. The number of nitrogens with one attached hydrogen (secondary N) is 1. The molecular formula is C13H23NOS. The van der Waals surface area contributed by atoms with Crippen molar-refractivity contribution in [1.29, 1.82) is 0 Å². The molecule has 0 aliphatic heterocycles. The first kappa shape index (κ1) is 13.7. The molecular weight excluding hydrogens is 218 g/mol. The van der Waals surface area contributed by atoms with Gasteiger partial charge in [-0.25, -0.2) is 0 Å². The number of rotatable bonds is 8. The highest BCUT2D eigenvalue weighted by Gasteiger charge is 2.09. The van der Waals surface area contributed by atoms with Crippen molar-refractivity contribution in [2.24, 2.45) is 0 Å². The Bertz CT molecular complexity index is 285. The standard InChI is InChI=1S/C13H23NOS/c1-4-8-14-11(10-15-3)9-13-7-6-12(5-2)16-13/h6-7,11,14H,4-5,8-10H2,1-3H3. The van der Waals surface area contributed by atoms with Gasteiger partial charge in [-0.15, -0.1) is 11.3 Å². The van der Waals surface area contributed by atoms with E-state index >= 15 is 0 Å². The predicted octanol–water partition coefficient (Wildman–Crippen LogP) is 2.87. The van der Waals surface area contributed by atoms with Crippen LogP contribution in [0.5, 0.6) is 0 Å². The lowest BCUT2D eigenvalue weighted by Gasteiger charge is -2.16. The van der Waals surface area contributed by atoms with E-state index in [0.29, 0.717) is 6.04 Å². The normalized spacial score (nSPS) is 12.9. The zero-order valence-corrected chi connectivity index (χ0v) is 11.4. The summed E-state index contributed by atoms with van der Waals surface area (Å²) in [6.45, 7) is 6.26. The van der Waals surface area contributed by atoms with E-state index in [4.69, 9.17) is 4.74 Å². The van der Waals surface area contributed by atoms with E-state index in [9.17, 15) is 0 Å². The summed E-state index contributed by atoms with van der Waals surface area (Å²) in [7, 11) is 1.77. The zero-order chi connectivity index (χ0) is 11.8. The topological polar surface area (TPSA) is 21.3 Å². The van der Waals surface area contributed by atoms with Crippen LogP contribution in [0.4, 0.5) is 0 Å². The van der Waals surface area contributed by atoms with Crippen molar-refractivity contribution in [3.05, 3.63) is 21.9 Å². The van der Waals surface area contributed by atoms with Crippen molar-refractivity contribution in [1.82, 2.24) is 5.32 Å². The summed E-state index contributed by atoms with van der Waals surface area (Å²) in [6, 6.07) is 4.94. The summed E-state index contributed by atoms with van der Waals surface area (Å²) in [5.41, 5.74) is 0. The Morgan fingerprint density at radius 1 is 1.31 bits per heavy atom. The van der Waals surface area contributed by atoms with Crippen LogP contribution in [0.15, 0.2) is 12.1 Å². The van der Waals surface area contributed by atoms with Gasteiger partial charge < -0.3 is 10.1 Å². The van der Waals surface area contributed by atoms with Crippen LogP contribution in [0.2, 0.25) is 0 Å². The van der Waals surface area contributed by atoms with Crippen molar-refractivity contribution in [3.63, 3.8) is 0 Å². The van der Waals surface area contributed by atoms with Gasteiger partial charge in [0.1, 0.15) is 0 Å². The molecule has 1 unspecified atom stereocenters. The fourth-order valence-electron chi connectivity index (χ4n) is 1.70. The first-order chi connectivity index (χ1) is 7.80. The molecule has 2 nitrogen and oxygen atoms in total. The molecule has 1 rings (SSSR count). The maximum absolute atomic E-state index is 5.25. The molecule has 0 bridgehead atoms. The fraction of sp³-hybridized carbons (Fsp3) is 0.692. The minimum absolute atomic E-state index is 0.452. The molecule has 1 N–H and O–H groups in total. The molecule has 0 saturated carbocycles. The molecule has 0 spiro atoms. The summed E-state index contributed by atoms with van der Waals surface area (Å²) in [6.07, 6.45) is 3.39. The van der Waals surface area contributed by atoms with Crippen LogP contribution in [-0.2, 0) is 17.6 Å². The third-order valence-corrected chi connectivity index (χ3v) is 3.82. The highest BCUT2D eigenvalue weighted by Crippen LogP contribution is 2.18. The van der Waals surface area contributed by atoms with E-state index in [1.54, 1.807) is 7.11 Å². The van der Waals surface area contributed by atoms with Crippen LogP contribution in [0.1, 0.15) is 30.0 Å². The summed E-state index contributed by atoms with van der Waals surface area (Å²) in [5, 5.41) is 3.53. The number of ether oxygens (including phenoxy) is 1. The average Bonchev–Trinajstić information content (AvgIpc) is 2.74. The van der Waals surface area contributed by atoms with Gasteiger partial charge in [0.15, 0.2) is 0 Å². The molecule has 1 atom stereocenters. The molecule has 1 aromatic heterocycles. The smallest absolute Gasteiger partial charge is 0.0619 e. The molecule has 3 heteroatoms. The van der Waals surface area contributed by atoms with E-state index in [-0.39, 0.29) is 0 Å². The second-order valence-corrected chi connectivity index (χ2v) is 5.28. The molecule has 16 heavy (non-hydrogen) atoms. The lowest BCUT2D eigenvalue weighted by atomic mass is 10.2. The molecule has 1 aromatic rings. The molecule has 92 valence electrons. The molecule has 1 heterocycles. The van der Waals surface area contributed by atoms with Crippen LogP contribution >= 0.6 is 11.3 Å². The van der Waals surface area contributed by atoms with Gasteiger partial charge >= 0.3 is 0 Å². The quantitative estimate of drug-likeness (QED) is 0.755. The van der Waals surface area contributed by atoms with Gasteiger partial charge in [0.2, 0.25) is 0 Å². The van der Waals surface area contributed by atoms with Crippen LogP contribution in [0, 0.1) is 0 Å². The van der Waals surface area contributed by atoms with E-state index in [2.05, 4.69) is 31.3 Å². The highest BCUT2D eigenvalue weighted by molar-refractivity contribution is 7.11. The Morgan fingerprint density at radius 2 is 2.06 bits per heavy atom. The van der Waals surface area contributed by atoms with Gasteiger partial charge in [-0.2, -0.15) is 0 Å². The number of hydrogen-bond donors (Lipinski definition) is 1. The Morgan fingerprint density at radius 3 is 2.62 bits per heavy atom. The van der Waals surface area contributed by atoms with Crippen LogP contribution in [-0.4, -0.2) is 26.3 Å². The first-order valence-electron chi connectivity index (χ1n) is 6.10. The average molecular weight is 241 g/mol. The van der Waals surface area contributed by atoms with Crippen LogP contribution in [0.25, 0.3) is 0 Å². The van der Waals surface area contributed by atoms with Crippen LogP contribution in [0.3, 0.4) is 0 Å². The van der Waals surface area contributed by atoms with Gasteiger partial charge in [0, 0.05) is 22.9 Å². The second-order valence-electron chi connectivity index (χ2n) is 4.03. The number of methoxy groups -OCH3 is 1. The Hall–Kier alpha value is -0.380. The van der Waals surface area contributed by atoms with Gasteiger partial charge in [0.25, 0.3) is 0 Å².